The number of aliphatic imine (C=N–C) groups is 1. The lowest BCUT2D eigenvalue weighted by Gasteiger charge is -2.32. The first kappa shape index (κ1) is 20.4. The van der Waals surface area contributed by atoms with Crippen molar-refractivity contribution < 1.29 is 5.11 Å². The molecule has 7 heteroatoms. The van der Waals surface area contributed by atoms with E-state index in [9.17, 15) is 10.0 Å². The summed E-state index contributed by atoms with van der Waals surface area (Å²) in [5.41, 5.74) is 4.59. The molecule has 2 aliphatic rings. The van der Waals surface area contributed by atoms with Crippen molar-refractivity contribution in [3.63, 3.8) is 0 Å². The number of hydrazone groups is 1. The zero-order valence-corrected chi connectivity index (χ0v) is 16.9. The fourth-order valence-corrected chi connectivity index (χ4v) is 4.50. The maximum atomic E-state index is 10.8. The molecule has 2 aromatic rings. The molecule has 3 N–H and O–H groups in total. The quantitative estimate of drug-likeness (QED) is 0.333. The molecule has 1 aliphatic carbocycles. The highest BCUT2D eigenvalue weighted by Gasteiger charge is 2.30. The normalized spacial score (nSPS) is 23.0. The highest BCUT2D eigenvalue weighted by Crippen LogP contribution is 2.34. The fourth-order valence-electron chi connectivity index (χ4n) is 4.50. The summed E-state index contributed by atoms with van der Waals surface area (Å²) in [5, 5.41) is 17.3. The summed E-state index contributed by atoms with van der Waals surface area (Å²) < 4.78 is 0. The van der Waals surface area contributed by atoms with Crippen LogP contribution in [0.1, 0.15) is 41.5 Å². The smallest absolute Gasteiger partial charge is 0.108 e. The second-order valence-electron chi connectivity index (χ2n) is 8.05. The van der Waals surface area contributed by atoms with Crippen LogP contribution in [0.3, 0.4) is 0 Å². The van der Waals surface area contributed by atoms with Crippen molar-refractivity contribution in [2.24, 2.45) is 21.1 Å². The van der Waals surface area contributed by atoms with E-state index in [1.54, 1.807) is 12.3 Å². The molecule has 0 saturated carbocycles. The third kappa shape index (κ3) is 4.47. The van der Waals surface area contributed by atoms with Crippen molar-refractivity contribution in [2.75, 3.05) is 19.6 Å². The number of aliphatic hydroxyl groups is 1. The molecule has 0 spiro atoms. The number of hydrogen-bond acceptors (Lipinski definition) is 7. The van der Waals surface area contributed by atoms with Gasteiger partial charge in [0.25, 0.3) is 0 Å². The summed E-state index contributed by atoms with van der Waals surface area (Å²) in [6, 6.07) is 15.3. The number of hydrogen-bond donors (Lipinski definition) is 2. The van der Waals surface area contributed by atoms with Crippen LogP contribution in [-0.2, 0) is 6.42 Å². The molecule has 1 heterocycles. The predicted molar refractivity (Wildman–Crippen MR) is 119 cm³/mol. The van der Waals surface area contributed by atoms with Crippen molar-refractivity contribution in [1.29, 1.82) is 0 Å². The Hall–Kier alpha value is -2.90. The molecular formula is C23H27N5O2. The minimum Gasteiger partial charge on any atom is -0.390 e. The van der Waals surface area contributed by atoms with E-state index in [2.05, 4.69) is 26.2 Å². The number of nitroso groups, excluding NO2 is 1. The van der Waals surface area contributed by atoms with Gasteiger partial charge in [0.05, 0.1) is 11.8 Å². The van der Waals surface area contributed by atoms with E-state index in [1.165, 1.54) is 5.56 Å². The lowest BCUT2D eigenvalue weighted by atomic mass is 9.89. The summed E-state index contributed by atoms with van der Waals surface area (Å²) in [4.78, 5) is 17.7. The molecule has 1 fully saturated rings. The van der Waals surface area contributed by atoms with Gasteiger partial charge in [0.15, 0.2) is 0 Å². The largest absolute Gasteiger partial charge is 0.390 e. The number of aliphatic hydroxyl groups excluding tert-OH is 1. The first-order chi connectivity index (χ1) is 14.7. The number of piperidine rings is 1. The zero-order valence-electron chi connectivity index (χ0n) is 16.9. The molecule has 0 amide bonds. The Kier molecular flexibility index (Phi) is 6.30. The summed E-state index contributed by atoms with van der Waals surface area (Å²) in [5.74, 6) is 6.05. The van der Waals surface area contributed by atoms with Gasteiger partial charge in [0.2, 0.25) is 0 Å². The van der Waals surface area contributed by atoms with Gasteiger partial charge in [-0.3, -0.25) is 9.89 Å². The monoisotopic (exact) mass is 405 g/mol. The summed E-state index contributed by atoms with van der Waals surface area (Å²) >= 11 is 0. The first-order valence-electron chi connectivity index (χ1n) is 10.4. The van der Waals surface area contributed by atoms with E-state index < -0.39 is 6.10 Å². The van der Waals surface area contributed by atoms with Crippen molar-refractivity contribution in [1.82, 2.24) is 4.90 Å². The topological polar surface area (TPSA) is 104 Å². The number of rotatable bonds is 6. The second-order valence-corrected chi connectivity index (χ2v) is 8.05. The molecule has 7 nitrogen and oxygen atoms in total. The van der Waals surface area contributed by atoms with Crippen LogP contribution >= 0.6 is 0 Å². The Labute approximate surface area is 176 Å². The number of benzene rings is 2. The molecule has 156 valence electrons. The molecule has 1 saturated heterocycles. The van der Waals surface area contributed by atoms with Crippen molar-refractivity contribution in [3.05, 3.63) is 70.1 Å². The maximum absolute atomic E-state index is 10.8. The van der Waals surface area contributed by atoms with Crippen molar-refractivity contribution in [2.45, 2.75) is 37.3 Å². The van der Waals surface area contributed by atoms with Crippen molar-refractivity contribution >= 4 is 17.6 Å². The van der Waals surface area contributed by atoms with Gasteiger partial charge in [0.1, 0.15) is 11.7 Å². The highest BCUT2D eigenvalue weighted by atomic mass is 16.3. The van der Waals surface area contributed by atoms with Crippen LogP contribution in [0.15, 0.2) is 63.8 Å². The Morgan fingerprint density at radius 2 is 1.97 bits per heavy atom. The number of nitrogens with two attached hydrogens (primary N) is 1. The number of fused-ring (bicyclic) bond motifs is 1. The van der Waals surface area contributed by atoms with E-state index >= 15 is 0 Å². The van der Waals surface area contributed by atoms with Gasteiger partial charge in [-0.25, -0.2) is 0 Å². The van der Waals surface area contributed by atoms with Gasteiger partial charge in [-0.2, -0.15) is 5.10 Å². The number of likely N-dealkylation sites (tertiary alicyclic amines) is 1. The SMILES string of the molecule is NN=C(C=NC1c2ccccc2CC1O)CN1CCC(c2cccc(N=O)c2)CC1. The molecule has 0 radical (unpaired) electrons. The van der Waals surface area contributed by atoms with E-state index in [1.807, 2.05) is 36.4 Å². The standard InChI is InChI=1S/C23H27N5O2/c24-26-20(14-25-23-21-7-2-1-4-18(21)13-22(23)29)15-28-10-8-16(9-11-28)17-5-3-6-19(12-17)27-30/h1-7,12,14,16,22-23,29H,8-11,13,15,24H2. The van der Waals surface area contributed by atoms with Gasteiger partial charge in [-0.15, -0.1) is 4.91 Å². The van der Waals surface area contributed by atoms with Crippen molar-refractivity contribution in [3.8, 4) is 0 Å². The molecular weight excluding hydrogens is 378 g/mol. The second kappa shape index (κ2) is 9.28. The van der Waals surface area contributed by atoms with Gasteiger partial charge in [-0.05, 0) is 65.8 Å². The minimum atomic E-state index is -0.509. The molecule has 2 aromatic carbocycles. The van der Waals surface area contributed by atoms with Gasteiger partial charge in [0, 0.05) is 19.2 Å². The Morgan fingerprint density at radius 3 is 2.73 bits per heavy atom. The number of nitrogens with zero attached hydrogens (tertiary/aromatic N) is 4. The van der Waals surface area contributed by atoms with E-state index in [-0.39, 0.29) is 6.04 Å². The van der Waals surface area contributed by atoms with E-state index in [0.717, 1.165) is 37.1 Å². The molecule has 4 rings (SSSR count). The average molecular weight is 406 g/mol. The molecule has 0 aromatic heterocycles. The van der Waals surface area contributed by atoms with Gasteiger partial charge in [-0.1, -0.05) is 36.4 Å². The first-order valence-corrected chi connectivity index (χ1v) is 10.4. The van der Waals surface area contributed by atoms with Crippen LogP contribution in [0.25, 0.3) is 0 Å². The summed E-state index contributed by atoms with van der Waals surface area (Å²) in [6.45, 7) is 2.48. The Morgan fingerprint density at radius 1 is 1.17 bits per heavy atom. The van der Waals surface area contributed by atoms with E-state index in [4.69, 9.17) is 5.84 Å². The summed E-state index contributed by atoms with van der Waals surface area (Å²) in [7, 11) is 0. The minimum absolute atomic E-state index is 0.262. The van der Waals surface area contributed by atoms with E-state index in [0.29, 0.717) is 30.3 Å². The predicted octanol–water partition coefficient (Wildman–Crippen LogP) is 3.31. The third-order valence-electron chi connectivity index (χ3n) is 6.14. The maximum Gasteiger partial charge on any atom is 0.108 e. The van der Waals surface area contributed by atoms with Crippen LogP contribution in [-0.4, -0.2) is 47.7 Å². The van der Waals surface area contributed by atoms with Crippen LogP contribution in [0.2, 0.25) is 0 Å². The summed E-state index contributed by atoms with van der Waals surface area (Å²) in [6.07, 6.45) is 3.84. The fraction of sp³-hybridized carbons (Fsp3) is 0.391. The van der Waals surface area contributed by atoms with Crippen LogP contribution in [0.4, 0.5) is 5.69 Å². The van der Waals surface area contributed by atoms with Gasteiger partial charge >= 0.3 is 0 Å². The van der Waals surface area contributed by atoms with Crippen LogP contribution in [0, 0.1) is 4.91 Å². The molecule has 2 unspecified atom stereocenters. The Balaban J connectivity index is 1.34. The lowest BCUT2D eigenvalue weighted by Crippen LogP contribution is -2.37. The third-order valence-corrected chi connectivity index (χ3v) is 6.14. The molecule has 2 atom stereocenters. The van der Waals surface area contributed by atoms with Crippen LogP contribution in [0.5, 0.6) is 0 Å². The molecule has 1 aliphatic heterocycles. The Bertz CT molecular complexity index is 950. The molecule has 0 bridgehead atoms. The molecule has 30 heavy (non-hydrogen) atoms. The zero-order chi connectivity index (χ0) is 20.9. The van der Waals surface area contributed by atoms with Crippen LogP contribution < -0.4 is 5.84 Å². The lowest BCUT2D eigenvalue weighted by molar-refractivity contribution is 0.160. The van der Waals surface area contributed by atoms with Gasteiger partial charge < -0.3 is 10.9 Å². The average Bonchev–Trinajstić information content (AvgIpc) is 3.12. The highest BCUT2D eigenvalue weighted by molar-refractivity contribution is 6.31.